The van der Waals surface area contributed by atoms with Gasteiger partial charge in [0.25, 0.3) is 5.91 Å². The van der Waals surface area contributed by atoms with Crippen LogP contribution in [0.5, 0.6) is 0 Å². The van der Waals surface area contributed by atoms with E-state index in [4.69, 9.17) is 0 Å². The first-order chi connectivity index (χ1) is 8.13. The zero-order valence-corrected chi connectivity index (χ0v) is 10.8. The van der Waals surface area contributed by atoms with Crippen molar-refractivity contribution in [1.29, 1.82) is 0 Å². The minimum absolute atomic E-state index is 0.203. The Morgan fingerprint density at radius 1 is 1.41 bits per heavy atom. The minimum atomic E-state index is -0.203. The van der Waals surface area contributed by atoms with Crippen LogP contribution in [0.3, 0.4) is 0 Å². The van der Waals surface area contributed by atoms with Gasteiger partial charge in [0.05, 0.1) is 0 Å². The van der Waals surface area contributed by atoms with E-state index in [-0.39, 0.29) is 11.7 Å². The predicted molar refractivity (Wildman–Crippen MR) is 65.9 cm³/mol. The smallest absolute Gasteiger partial charge is 0.290 e. The molecule has 0 saturated carbocycles. The topological polar surface area (TPSA) is 73.9 Å². The highest BCUT2D eigenvalue weighted by Crippen LogP contribution is 1.94. The number of rotatable bonds is 7. The summed E-state index contributed by atoms with van der Waals surface area (Å²) in [6.07, 6.45) is 2.79. The molecule has 0 aliphatic carbocycles. The van der Waals surface area contributed by atoms with Crippen LogP contribution in [0.4, 0.5) is 0 Å². The Hall–Kier alpha value is -1.43. The molecule has 1 aromatic heterocycles. The number of amides is 1. The molecule has 0 spiro atoms. The van der Waals surface area contributed by atoms with E-state index in [2.05, 4.69) is 25.4 Å². The summed E-state index contributed by atoms with van der Waals surface area (Å²) in [4.78, 5) is 17.8. The molecule has 2 N–H and O–H groups in total. The molecular formula is C11H21N5O. The largest absolute Gasteiger partial charge is 0.349 e. The van der Waals surface area contributed by atoms with Gasteiger partial charge in [-0.3, -0.25) is 9.89 Å². The summed E-state index contributed by atoms with van der Waals surface area (Å²) < 4.78 is 0. The number of carbonyl (C=O) groups excluding carboxylic acids is 1. The van der Waals surface area contributed by atoms with Crippen molar-refractivity contribution >= 4 is 5.91 Å². The third-order valence-electron chi connectivity index (χ3n) is 2.39. The normalized spacial score (nSPS) is 10.8. The summed E-state index contributed by atoms with van der Waals surface area (Å²) in [5, 5.41) is 9.39. The highest BCUT2D eigenvalue weighted by Gasteiger charge is 2.10. The molecule has 6 heteroatoms. The second-order valence-electron chi connectivity index (χ2n) is 4.23. The Balaban J connectivity index is 2.21. The first-order valence-electron chi connectivity index (χ1n) is 5.97. The van der Waals surface area contributed by atoms with Gasteiger partial charge in [0, 0.05) is 13.0 Å². The Morgan fingerprint density at radius 2 is 2.18 bits per heavy atom. The van der Waals surface area contributed by atoms with Gasteiger partial charge in [-0.05, 0) is 33.5 Å². The average Bonchev–Trinajstić information content (AvgIpc) is 2.76. The van der Waals surface area contributed by atoms with Crippen molar-refractivity contribution < 1.29 is 4.79 Å². The van der Waals surface area contributed by atoms with Gasteiger partial charge in [-0.2, -0.15) is 0 Å². The molecule has 1 amide bonds. The second kappa shape index (κ2) is 7.01. The third kappa shape index (κ3) is 4.95. The van der Waals surface area contributed by atoms with Crippen molar-refractivity contribution in [3.05, 3.63) is 11.6 Å². The van der Waals surface area contributed by atoms with Crippen molar-refractivity contribution in [1.82, 2.24) is 25.4 Å². The Kier molecular flexibility index (Phi) is 5.62. The van der Waals surface area contributed by atoms with Crippen LogP contribution in [0.1, 0.15) is 36.2 Å². The molecule has 0 bridgehead atoms. The van der Waals surface area contributed by atoms with Crippen LogP contribution in [-0.4, -0.2) is 53.2 Å². The molecule has 6 nitrogen and oxygen atoms in total. The molecule has 0 aromatic carbocycles. The first kappa shape index (κ1) is 13.6. The Labute approximate surface area is 102 Å². The van der Waals surface area contributed by atoms with Crippen LogP contribution in [-0.2, 0) is 6.42 Å². The molecule has 0 radical (unpaired) electrons. The summed E-state index contributed by atoms with van der Waals surface area (Å²) >= 11 is 0. The number of aromatic nitrogens is 3. The fraction of sp³-hybridized carbons (Fsp3) is 0.727. The van der Waals surface area contributed by atoms with E-state index >= 15 is 0 Å². The zero-order chi connectivity index (χ0) is 12.7. The lowest BCUT2D eigenvalue weighted by atomic mass is 10.3. The number of H-pyrrole nitrogens is 1. The lowest BCUT2D eigenvalue weighted by Crippen LogP contribution is -2.26. The summed E-state index contributed by atoms with van der Waals surface area (Å²) in [6.45, 7) is 3.67. The van der Waals surface area contributed by atoms with Crippen LogP contribution in [0.2, 0.25) is 0 Å². The molecule has 0 aliphatic rings. The fourth-order valence-corrected chi connectivity index (χ4v) is 1.39. The highest BCUT2D eigenvalue weighted by atomic mass is 16.2. The van der Waals surface area contributed by atoms with Crippen molar-refractivity contribution in [2.24, 2.45) is 0 Å². The molecule has 0 atom stereocenters. The summed E-state index contributed by atoms with van der Waals surface area (Å²) in [6, 6.07) is 0. The molecule has 0 fully saturated rings. The molecule has 1 rings (SSSR count). The zero-order valence-electron chi connectivity index (χ0n) is 10.8. The quantitative estimate of drug-likeness (QED) is 0.677. The summed E-state index contributed by atoms with van der Waals surface area (Å²) in [5.74, 6) is 0.767. The number of nitrogens with zero attached hydrogens (tertiary/aromatic N) is 3. The van der Waals surface area contributed by atoms with Crippen LogP contribution >= 0.6 is 0 Å². The van der Waals surface area contributed by atoms with Gasteiger partial charge >= 0.3 is 0 Å². The van der Waals surface area contributed by atoms with E-state index in [0.717, 1.165) is 31.6 Å². The van der Waals surface area contributed by atoms with Crippen molar-refractivity contribution in [2.45, 2.75) is 26.2 Å². The SMILES string of the molecule is CCc1nc(C(=O)NCCCCN(C)C)n[nH]1. The monoisotopic (exact) mass is 239 g/mol. The van der Waals surface area contributed by atoms with Gasteiger partial charge < -0.3 is 10.2 Å². The molecular weight excluding hydrogens is 218 g/mol. The van der Waals surface area contributed by atoms with Crippen LogP contribution in [0, 0.1) is 0 Å². The van der Waals surface area contributed by atoms with Gasteiger partial charge in [-0.15, -0.1) is 5.10 Å². The molecule has 0 aliphatic heterocycles. The number of nitrogens with one attached hydrogen (secondary N) is 2. The van der Waals surface area contributed by atoms with E-state index < -0.39 is 0 Å². The van der Waals surface area contributed by atoms with E-state index in [1.54, 1.807) is 0 Å². The van der Waals surface area contributed by atoms with Gasteiger partial charge in [-0.1, -0.05) is 6.92 Å². The number of hydrogen-bond donors (Lipinski definition) is 2. The van der Waals surface area contributed by atoms with Gasteiger partial charge in [0.1, 0.15) is 5.82 Å². The number of carbonyl (C=O) groups is 1. The van der Waals surface area contributed by atoms with E-state index in [0.29, 0.717) is 6.54 Å². The summed E-state index contributed by atoms with van der Waals surface area (Å²) in [5.41, 5.74) is 0. The Morgan fingerprint density at radius 3 is 2.76 bits per heavy atom. The molecule has 96 valence electrons. The minimum Gasteiger partial charge on any atom is -0.349 e. The molecule has 1 heterocycles. The van der Waals surface area contributed by atoms with E-state index in [9.17, 15) is 4.79 Å². The van der Waals surface area contributed by atoms with Gasteiger partial charge in [0.2, 0.25) is 5.82 Å². The lowest BCUT2D eigenvalue weighted by Gasteiger charge is -2.08. The average molecular weight is 239 g/mol. The number of unbranched alkanes of at least 4 members (excludes halogenated alkanes) is 1. The molecule has 0 saturated heterocycles. The van der Waals surface area contributed by atoms with Gasteiger partial charge in [-0.25, -0.2) is 4.98 Å². The van der Waals surface area contributed by atoms with Crippen LogP contribution in [0.25, 0.3) is 0 Å². The molecule has 1 aromatic rings. The maximum Gasteiger partial charge on any atom is 0.290 e. The molecule has 0 unspecified atom stereocenters. The maximum absolute atomic E-state index is 11.6. The lowest BCUT2D eigenvalue weighted by molar-refractivity contribution is 0.0942. The third-order valence-corrected chi connectivity index (χ3v) is 2.39. The van der Waals surface area contributed by atoms with Crippen molar-refractivity contribution in [2.75, 3.05) is 27.2 Å². The van der Waals surface area contributed by atoms with Crippen LogP contribution in [0.15, 0.2) is 0 Å². The fourth-order valence-electron chi connectivity index (χ4n) is 1.39. The Bertz CT molecular complexity index is 347. The van der Waals surface area contributed by atoms with Gasteiger partial charge in [0.15, 0.2) is 0 Å². The molecule has 17 heavy (non-hydrogen) atoms. The van der Waals surface area contributed by atoms with E-state index in [1.165, 1.54) is 0 Å². The number of aryl methyl sites for hydroxylation is 1. The number of hydrogen-bond acceptors (Lipinski definition) is 4. The van der Waals surface area contributed by atoms with E-state index in [1.807, 2.05) is 21.0 Å². The van der Waals surface area contributed by atoms with Crippen LogP contribution < -0.4 is 5.32 Å². The number of aromatic amines is 1. The summed E-state index contributed by atoms with van der Waals surface area (Å²) in [7, 11) is 4.08. The highest BCUT2D eigenvalue weighted by molar-refractivity contribution is 5.90. The predicted octanol–water partition coefficient (Wildman–Crippen LogP) is 0.439. The van der Waals surface area contributed by atoms with Crippen molar-refractivity contribution in [3.8, 4) is 0 Å². The first-order valence-corrected chi connectivity index (χ1v) is 5.97. The van der Waals surface area contributed by atoms with Crippen molar-refractivity contribution in [3.63, 3.8) is 0 Å². The maximum atomic E-state index is 11.6. The second-order valence-corrected chi connectivity index (χ2v) is 4.23. The standard InChI is InChI=1S/C11H21N5O/c1-4-9-13-10(15-14-9)11(17)12-7-5-6-8-16(2)3/h4-8H2,1-3H3,(H,12,17)(H,13,14,15).